The van der Waals surface area contributed by atoms with Crippen LogP contribution < -0.4 is 75.4 Å². The fourth-order valence-corrected chi connectivity index (χ4v) is 1.22. The molecule has 16 nitrogen and oxygen atoms in total. The van der Waals surface area contributed by atoms with Crippen molar-refractivity contribution in [1.29, 1.82) is 0 Å². The van der Waals surface area contributed by atoms with E-state index in [2.05, 4.69) is 17.3 Å². The molecule has 0 unspecified atom stereocenters. The van der Waals surface area contributed by atoms with E-state index in [4.69, 9.17) is 0 Å². The van der Waals surface area contributed by atoms with Crippen LogP contribution in [0.2, 0.25) is 0 Å². The summed E-state index contributed by atoms with van der Waals surface area (Å²) in [6, 6.07) is 0. The normalized spacial score (nSPS) is 11.2. The molecule has 0 saturated carbocycles. The smallest absolute Gasteiger partial charge is 0.724 e. The third-order valence-corrected chi connectivity index (χ3v) is 1.50. The molecule has 0 aromatic carbocycles. The molecule has 0 aromatic rings. The van der Waals surface area contributed by atoms with Crippen molar-refractivity contribution in [3.8, 4) is 0 Å². The van der Waals surface area contributed by atoms with Gasteiger partial charge in [0.05, 0.1) is 0 Å². The van der Waals surface area contributed by atoms with E-state index in [9.17, 15) is 51.9 Å². The summed E-state index contributed by atoms with van der Waals surface area (Å²) in [5.41, 5.74) is 0. The summed E-state index contributed by atoms with van der Waals surface area (Å²) >= 11 is 0. The van der Waals surface area contributed by atoms with Crippen molar-refractivity contribution in [3.63, 3.8) is 0 Å². The molecule has 0 spiro atoms. The average Bonchev–Trinajstić information content (AvgIpc) is 2.09. The van der Waals surface area contributed by atoms with E-state index in [0.717, 1.165) is 0 Å². The second kappa shape index (κ2) is 15.9. The van der Waals surface area contributed by atoms with Crippen molar-refractivity contribution in [2.24, 2.45) is 0 Å². The summed E-state index contributed by atoms with van der Waals surface area (Å²) in [5.74, 6) is 0. The molecule has 0 heterocycles. The molecule has 0 amide bonds. The molecular formula is Li4O16S4. The number of hydrogen-bond donors (Lipinski definition) is 0. The van der Waals surface area contributed by atoms with E-state index < -0.39 is 41.6 Å². The minimum atomic E-state index is -5.31. The Kier molecular flexibility index (Phi) is 26.8. The van der Waals surface area contributed by atoms with Crippen LogP contribution in [0, 0.1) is 0 Å². The van der Waals surface area contributed by atoms with Gasteiger partial charge in [0.2, 0.25) is 41.6 Å². The van der Waals surface area contributed by atoms with E-state index in [-0.39, 0.29) is 75.4 Å². The van der Waals surface area contributed by atoms with Crippen molar-refractivity contribution in [2.45, 2.75) is 0 Å². The van der Waals surface area contributed by atoms with Gasteiger partial charge in [-0.05, 0) is 0 Å². The number of hydrogen-bond acceptors (Lipinski definition) is 16. The third kappa shape index (κ3) is 49.6. The second-order valence-electron chi connectivity index (χ2n) is 1.91. The maximum absolute atomic E-state index is 9.37. The van der Waals surface area contributed by atoms with Gasteiger partial charge in [0.1, 0.15) is 0 Å². The molecule has 0 fully saturated rings. The summed E-state index contributed by atoms with van der Waals surface area (Å²) in [6.07, 6.45) is 0. The quantitative estimate of drug-likeness (QED) is 0.129. The molecule has 0 bridgehead atoms. The SMILES string of the molecule is O=S(=O)([O-])OOS(=O)(=O)[O-].O=S(=O)([O-])OOS(=O)(=O)[O-].[Li+].[Li+].[Li+].[Li+]. The predicted octanol–water partition coefficient (Wildman–Crippen LogP) is -16.3. The Bertz CT molecular complexity index is 566. The van der Waals surface area contributed by atoms with Crippen molar-refractivity contribution < 1.29 is 145 Å². The minimum absolute atomic E-state index is 0. The minimum Gasteiger partial charge on any atom is -0.724 e. The van der Waals surface area contributed by atoms with Gasteiger partial charge in [-0.1, -0.05) is 0 Å². The molecule has 0 aliphatic carbocycles. The van der Waals surface area contributed by atoms with E-state index in [1.807, 2.05) is 0 Å². The fraction of sp³-hybridized carbons (Fsp3) is 0. The molecule has 0 aliphatic rings. The van der Waals surface area contributed by atoms with Crippen LogP contribution in [-0.2, 0) is 58.9 Å². The summed E-state index contributed by atoms with van der Waals surface area (Å²) in [7, 11) is -21.2. The van der Waals surface area contributed by atoms with Crippen molar-refractivity contribution in [1.82, 2.24) is 0 Å². The molecular weight excluding hydrogens is 412 g/mol. The van der Waals surface area contributed by atoms with Crippen LogP contribution in [-0.4, -0.2) is 51.9 Å². The van der Waals surface area contributed by atoms with Crippen LogP contribution in [0.5, 0.6) is 0 Å². The zero-order chi connectivity index (χ0) is 16.8. The first-order chi connectivity index (χ1) is 8.41. The van der Waals surface area contributed by atoms with E-state index >= 15 is 0 Å². The molecule has 0 radical (unpaired) electrons. The van der Waals surface area contributed by atoms with Crippen LogP contribution in [0.25, 0.3) is 0 Å². The van der Waals surface area contributed by atoms with Crippen LogP contribution in [0.4, 0.5) is 0 Å². The molecule has 0 saturated heterocycles. The Hall–Kier alpha value is 1.87. The first kappa shape index (κ1) is 40.5. The third-order valence-electron chi connectivity index (χ3n) is 0.389. The zero-order valence-electron chi connectivity index (χ0n) is 12.2. The van der Waals surface area contributed by atoms with E-state index in [0.29, 0.717) is 0 Å². The second-order valence-corrected chi connectivity index (χ2v) is 5.72. The first-order valence-corrected chi connectivity index (χ1v) is 8.33. The van der Waals surface area contributed by atoms with Crippen LogP contribution in [0.3, 0.4) is 0 Å². The van der Waals surface area contributed by atoms with Gasteiger partial charge in [-0.2, -0.15) is 0 Å². The van der Waals surface area contributed by atoms with Gasteiger partial charge < -0.3 is 18.2 Å². The predicted molar refractivity (Wildman–Crippen MR) is 43.1 cm³/mol. The molecule has 24 heavy (non-hydrogen) atoms. The molecule has 0 aromatic heterocycles. The Balaban J connectivity index is -0.0000000579. The molecule has 24 heteroatoms. The fourth-order valence-electron chi connectivity index (χ4n) is 0.136. The largest absolute Gasteiger partial charge is 1.00 e. The molecule has 124 valence electrons. The van der Waals surface area contributed by atoms with Crippen molar-refractivity contribution in [2.75, 3.05) is 0 Å². The van der Waals surface area contributed by atoms with Gasteiger partial charge in [-0.3, -0.25) is 0 Å². The van der Waals surface area contributed by atoms with Crippen molar-refractivity contribution >= 4 is 41.6 Å². The van der Waals surface area contributed by atoms with Gasteiger partial charge in [0, 0.05) is 0 Å². The maximum Gasteiger partial charge on any atom is 1.00 e. The summed E-state index contributed by atoms with van der Waals surface area (Å²) in [5, 5.41) is 0. The van der Waals surface area contributed by atoms with Gasteiger partial charge in [-0.15, -0.1) is 17.3 Å². The van der Waals surface area contributed by atoms with Gasteiger partial charge in [0.15, 0.2) is 0 Å². The van der Waals surface area contributed by atoms with Crippen molar-refractivity contribution in [3.05, 3.63) is 0 Å². The van der Waals surface area contributed by atoms with Gasteiger partial charge in [-0.25, -0.2) is 33.7 Å². The van der Waals surface area contributed by atoms with Crippen LogP contribution in [0.1, 0.15) is 0 Å². The molecule has 0 atom stereocenters. The van der Waals surface area contributed by atoms with Gasteiger partial charge in [0.25, 0.3) is 0 Å². The van der Waals surface area contributed by atoms with E-state index in [1.165, 1.54) is 0 Å². The zero-order valence-corrected chi connectivity index (χ0v) is 15.4. The first-order valence-electron chi connectivity index (χ1n) is 3.00. The molecule has 0 aliphatic heterocycles. The number of rotatable bonds is 6. The summed E-state index contributed by atoms with van der Waals surface area (Å²) in [6.45, 7) is 0. The Morgan fingerprint density at radius 3 is 0.500 bits per heavy atom. The Labute approximate surface area is 184 Å². The molecule has 0 N–H and O–H groups in total. The monoisotopic (exact) mass is 412 g/mol. The van der Waals surface area contributed by atoms with Gasteiger partial charge >= 0.3 is 75.4 Å². The summed E-state index contributed by atoms with van der Waals surface area (Å²) < 4.78 is 123. The van der Waals surface area contributed by atoms with Crippen LogP contribution in [0.15, 0.2) is 0 Å². The standard InChI is InChI=1S/4Li.2H2O8S2/c;;;;2*1-9(2,3)7-8-10(4,5)6/h;;;;2*(H,1,2,3)(H,4,5,6)/q4*+1;;/p-4. The van der Waals surface area contributed by atoms with Crippen LogP contribution >= 0.6 is 0 Å². The average molecular weight is 412 g/mol. The maximum atomic E-state index is 9.37. The summed E-state index contributed by atoms with van der Waals surface area (Å²) in [4.78, 5) is 0. The Morgan fingerprint density at radius 2 is 0.458 bits per heavy atom. The topological polar surface area (TPSA) is 266 Å². The Morgan fingerprint density at radius 1 is 0.375 bits per heavy atom. The molecule has 0 rings (SSSR count). The van der Waals surface area contributed by atoms with E-state index in [1.54, 1.807) is 0 Å².